The molecule has 1 aliphatic rings. The van der Waals surface area contributed by atoms with Crippen molar-refractivity contribution in [2.24, 2.45) is 0 Å². The van der Waals surface area contributed by atoms with Gasteiger partial charge in [0.2, 0.25) is 5.91 Å². The quantitative estimate of drug-likeness (QED) is 0.808. The predicted octanol–water partition coefficient (Wildman–Crippen LogP) is 2.10. The van der Waals surface area contributed by atoms with E-state index in [9.17, 15) is 9.90 Å². The summed E-state index contributed by atoms with van der Waals surface area (Å²) in [5, 5.41) is 13.3. The molecule has 1 aromatic rings. The molecule has 0 saturated carbocycles. The maximum Gasteiger partial charge on any atom is 0.234 e. The number of nitrogens with one attached hydrogen (secondary N) is 1. The number of benzene rings is 1. The van der Waals surface area contributed by atoms with Gasteiger partial charge in [0, 0.05) is 12.6 Å². The fraction of sp³-hybridized carbons (Fsp3) is 0.588. The van der Waals surface area contributed by atoms with Gasteiger partial charge < -0.3 is 10.4 Å². The van der Waals surface area contributed by atoms with Crippen molar-refractivity contribution in [2.45, 2.75) is 44.8 Å². The van der Waals surface area contributed by atoms with Gasteiger partial charge in [0.25, 0.3) is 0 Å². The number of aliphatic hydroxyl groups is 1. The maximum atomic E-state index is 11.8. The predicted molar refractivity (Wildman–Crippen MR) is 83.9 cm³/mol. The van der Waals surface area contributed by atoms with Crippen molar-refractivity contribution in [1.29, 1.82) is 0 Å². The fourth-order valence-corrected chi connectivity index (χ4v) is 2.94. The SMILES string of the molecule is CCCNC(=O)CN1CCCC1CC(O)c1ccccc1. The Kier molecular flexibility index (Phi) is 6.21. The molecule has 0 bridgehead atoms. The van der Waals surface area contributed by atoms with Crippen molar-refractivity contribution in [3.63, 3.8) is 0 Å². The number of hydrogen-bond acceptors (Lipinski definition) is 3. The lowest BCUT2D eigenvalue weighted by Gasteiger charge is -2.26. The molecule has 4 heteroatoms. The van der Waals surface area contributed by atoms with Gasteiger partial charge >= 0.3 is 0 Å². The molecule has 21 heavy (non-hydrogen) atoms. The van der Waals surface area contributed by atoms with Crippen LogP contribution in [0, 0.1) is 0 Å². The van der Waals surface area contributed by atoms with Crippen molar-refractivity contribution in [2.75, 3.05) is 19.6 Å². The summed E-state index contributed by atoms with van der Waals surface area (Å²) in [4.78, 5) is 14.0. The molecule has 4 nitrogen and oxygen atoms in total. The summed E-state index contributed by atoms with van der Waals surface area (Å²) in [6, 6.07) is 10.1. The molecule has 0 aromatic heterocycles. The highest BCUT2D eigenvalue weighted by Crippen LogP contribution is 2.26. The summed E-state index contributed by atoms with van der Waals surface area (Å²) in [5.41, 5.74) is 0.958. The molecule has 1 saturated heterocycles. The Morgan fingerprint density at radius 2 is 2.19 bits per heavy atom. The molecule has 2 rings (SSSR count). The van der Waals surface area contributed by atoms with Gasteiger partial charge in [0.15, 0.2) is 0 Å². The lowest BCUT2D eigenvalue weighted by atomic mass is 10.0. The minimum atomic E-state index is -0.449. The number of hydrogen-bond donors (Lipinski definition) is 2. The number of carbonyl (C=O) groups excluding carboxylic acids is 1. The third kappa shape index (κ3) is 4.83. The molecule has 1 amide bonds. The Labute approximate surface area is 127 Å². The highest BCUT2D eigenvalue weighted by Gasteiger charge is 2.28. The first-order chi connectivity index (χ1) is 10.2. The van der Waals surface area contributed by atoms with Gasteiger partial charge in [-0.2, -0.15) is 0 Å². The molecule has 1 fully saturated rings. The first-order valence-electron chi connectivity index (χ1n) is 7.94. The van der Waals surface area contributed by atoms with Crippen LogP contribution in [0.4, 0.5) is 0 Å². The van der Waals surface area contributed by atoms with Crippen LogP contribution in [0.25, 0.3) is 0 Å². The zero-order chi connectivity index (χ0) is 15.1. The molecule has 2 N–H and O–H groups in total. The van der Waals surface area contributed by atoms with E-state index in [1.807, 2.05) is 30.3 Å². The second-order valence-corrected chi connectivity index (χ2v) is 5.78. The number of nitrogens with zero attached hydrogens (tertiary/aromatic N) is 1. The summed E-state index contributed by atoms with van der Waals surface area (Å²) in [7, 11) is 0. The van der Waals surface area contributed by atoms with Gasteiger partial charge in [-0.25, -0.2) is 0 Å². The molecule has 2 atom stereocenters. The summed E-state index contributed by atoms with van der Waals surface area (Å²) in [6.45, 7) is 4.19. The zero-order valence-corrected chi connectivity index (χ0v) is 12.8. The molecule has 1 heterocycles. The average Bonchev–Trinajstić information content (AvgIpc) is 2.93. The van der Waals surface area contributed by atoms with Crippen LogP contribution in [-0.2, 0) is 4.79 Å². The van der Waals surface area contributed by atoms with Crippen LogP contribution in [0.2, 0.25) is 0 Å². The van der Waals surface area contributed by atoms with E-state index >= 15 is 0 Å². The normalized spacial score (nSPS) is 20.4. The van der Waals surface area contributed by atoms with Gasteiger partial charge in [0.05, 0.1) is 12.6 Å². The molecular weight excluding hydrogens is 264 g/mol. The van der Waals surface area contributed by atoms with Crippen LogP contribution >= 0.6 is 0 Å². The van der Waals surface area contributed by atoms with Crippen molar-refractivity contribution >= 4 is 5.91 Å². The fourth-order valence-electron chi connectivity index (χ4n) is 2.94. The molecule has 0 spiro atoms. The van der Waals surface area contributed by atoms with E-state index in [-0.39, 0.29) is 5.91 Å². The first kappa shape index (κ1) is 16.0. The van der Waals surface area contributed by atoms with Crippen molar-refractivity contribution in [3.05, 3.63) is 35.9 Å². The van der Waals surface area contributed by atoms with Crippen LogP contribution in [0.5, 0.6) is 0 Å². The lowest BCUT2D eigenvalue weighted by Crippen LogP contribution is -2.40. The highest BCUT2D eigenvalue weighted by molar-refractivity contribution is 5.78. The molecule has 116 valence electrons. The van der Waals surface area contributed by atoms with Crippen LogP contribution in [0.1, 0.15) is 44.3 Å². The Balaban J connectivity index is 1.85. The van der Waals surface area contributed by atoms with E-state index in [2.05, 4.69) is 17.1 Å². The summed E-state index contributed by atoms with van der Waals surface area (Å²) >= 11 is 0. The van der Waals surface area contributed by atoms with E-state index < -0.39 is 6.10 Å². The molecule has 1 aromatic carbocycles. The summed E-state index contributed by atoms with van der Waals surface area (Å²) in [5.74, 6) is 0.0953. The number of likely N-dealkylation sites (tertiary alicyclic amines) is 1. The van der Waals surface area contributed by atoms with Crippen LogP contribution < -0.4 is 5.32 Å². The standard InChI is InChI=1S/C17H26N2O2/c1-2-10-18-17(21)13-19-11-6-9-15(19)12-16(20)14-7-4-3-5-8-14/h3-5,7-8,15-16,20H,2,6,9-13H2,1H3,(H,18,21). The first-order valence-corrected chi connectivity index (χ1v) is 7.94. The summed E-state index contributed by atoms with van der Waals surface area (Å²) in [6.07, 6.45) is 3.38. The number of aliphatic hydroxyl groups excluding tert-OH is 1. The molecule has 2 unspecified atom stereocenters. The van der Waals surface area contributed by atoms with E-state index in [4.69, 9.17) is 0 Å². The monoisotopic (exact) mass is 290 g/mol. The second kappa shape index (κ2) is 8.15. The Hall–Kier alpha value is -1.39. The van der Waals surface area contributed by atoms with E-state index in [1.165, 1.54) is 0 Å². The Bertz CT molecular complexity index is 436. The van der Waals surface area contributed by atoms with Crippen LogP contribution in [-0.4, -0.2) is 41.6 Å². The Morgan fingerprint density at radius 1 is 1.43 bits per heavy atom. The summed E-state index contributed by atoms with van der Waals surface area (Å²) < 4.78 is 0. The average molecular weight is 290 g/mol. The minimum Gasteiger partial charge on any atom is -0.388 e. The third-order valence-electron chi connectivity index (χ3n) is 4.10. The maximum absolute atomic E-state index is 11.8. The smallest absolute Gasteiger partial charge is 0.234 e. The zero-order valence-electron chi connectivity index (χ0n) is 12.8. The van der Waals surface area contributed by atoms with Crippen LogP contribution in [0.3, 0.4) is 0 Å². The van der Waals surface area contributed by atoms with E-state index in [0.717, 1.165) is 37.9 Å². The van der Waals surface area contributed by atoms with Crippen LogP contribution in [0.15, 0.2) is 30.3 Å². The minimum absolute atomic E-state index is 0.0953. The molecule has 0 aliphatic carbocycles. The third-order valence-corrected chi connectivity index (χ3v) is 4.10. The van der Waals surface area contributed by atoms with Gasteiger partial charge in [-0.15, -0.1) is 0 Å². The Morgan fingerprint density at radius 3 is 2.90 bits per heavy atom. The molecule has 0 radical (unpaired) electrons. The van der Waals surface area contributed by atoms with Gasteiger partial charge in [-0.1, -0.05) is 37.3 Å². The highest BCUT2D eigenvalue weighted by atomic mass is 16.3. The number of amides is 1. The molecule has 1 aliphatic heterocycles. The van der Waals surface area contributed by atoms with Gasteiger partial charge in [-0.3, -0.25) is 9.69 Å². The van der Waals surface area contributed by atoms with Crippen molar-refractivity contribution in [3.8, 4) is 0 Å². The molecular formula is C17H26N2O2. The topological polar surface area (TPSA) is 52.6 Å². The van der Waals surface area contributed by atoms with Crippen molar-refractivity contribution < 1.29 is 9.90 Å². The second-order valence-electron chi connectivity index (χ2n) is 5.78. The number of rotatable bonds is 7. The number of carbonyl (C=O) groups is 1. The van der Waals surface area contributed by atoms with Gasteiger partial charge in [0.1, 0.15) is 0 Å². The van der Waals surface area contributed by atoms with Gasteiger partial charge in [-0.05, 0) is 37.8 Å². The van der Waals surface area contributed by atoms with E-state index in [0.29, 0.717) is 19.0 Å². The lowest BCUT2D eigenvalue weighted by molar-refractivity contribution is -0.122. The van der Waals surface area contributed by atoms with Crippen molar-refractivity contribution in [1.82, 2.24) is 10.2 Å². The van der Waals surface area contributed by atoms with E-state index in [1.54, 1.807) is 0 Å². The largest absolute Gasteiger partial charge is 0.388 e.